The number of aryl methyl sites for hydroxylation is 1. The van der Waals surface area contributed by atoms with Crippen LogP contribution >= 0.6 is 0 Å². The molecule has 7 rings (SSSR count). The maximum absolute atomic E-state index is 13.9. The Morgan fingerprint density at radius 3 is 1.29 bits per heavy atom. The van der Waals surface area contributed by atoms with E-state index in [2.05, 4.69) is 0 Å². The summed E-state index contributed by atoms with van der Waals surface area (Å²) in [4.78, 5) is 14.6. The molecule has 0 saturated carbocycles. The van der Waals surface area contributed by atoms with Gasteiger partial charge in [0.15, 0.2) is 0 Å². The third-order valence-corrected chi connectivity index (χ3v) is 12.4. The lowest BCUT2D eigenvalue weighted by molar-refractivity contribution is -0.270. The van der Waals surface area contributed by atoms with Crippen LogP contribution < -0.4 is 9.29 Å². The lowest BCUT2D eigenvalue weighted by Crippen LogP contribution is -2.14. The Kier molecular flexibility index (Phi) is 11.8. The first-order chi connectivity index (χ1) is 27.8. The molecule has 0 aromatic heterocycles. The van der Waals surface area contributed by atoms with E-state index in [0.717, 1.165) is 24.3 Å². The van der Waals surface area contributed by atoms with Crippen LogP contribution in [0.25, 0.3) is 11.1 Å². The normalized spacial score (nSPS) is 12.7. The smallest absolute Gasteiger partial charge is 0.373 e. The van der Waals surface area contributed by atoms with Gasteiger partial charge in [-0.05, 0) is 88.8 Å². The molecule has 14 nitrogen and oxygen atoms in total. The number of hydrogen-bond acceptors (Lipinski definition) is 14. The summed E-state index contributed by atoms with van der Waals surface area (Å²) in [5.74, 6) is -1.79. The zero-order chi connectivity index (χ0) is 42.9. The first kappa shape index (κ1) is 42.3. The van der Waals surface area contributed by atoms with Crippen molar-refractivity contribution in [1.82, 2.24) is 0 Å². The topological polar surface area (TPSA) is 255 Å². The maximum Gasteiger partial charge on any atom is 0.373 e. The highest BCUT2D eigenvalue weighted by atomic mass is 32.2. The van der Waals surface area contributed by atoms with E-state index in [1.807, 2.05) is 0 Å². The van der Waals surface area contributed by atoms with Gasteiger partial charge in [-0.15, -0.1) is 5.75 Å². The summed E-state index contributed by atoms with van der Waals surface area (Å²) in [6.07, 6.45) is -1.32. The van der Waals surface area contributed by atoms with Crippen LogP contribution in [0.5, 0.6) is 23.0 Å². The predicted octanol–water partition coefficient (Wildman–Crippen LogP) is 4.82. The highest BCUT2D eigenvalue weighted by molar-refractivity contribution is 7.87. The minimum Gasteiger partial charge on any atom is -0.872 e. The molecule has 0 spiro atoms. The average molecular weight is 856 g/mol. The van der Waals surface area contributed by atoms with E-state index in [9.17, 15) is 49.7 Å². The average Bonchev–Trinajstić information content (AvgIpc) is 3.17. The summed E-state index contributed by atoms with van der Waals surface area (Å²) in [6, 6.07) is 25.9. The molecule has 0 saturated heterocycles. The predicted molar refractivity (Wildman–Crippen MR) is 205 cm³/mol. The summed E-state index contributed by atoms with van der Waals surface area (Å²) in [5, 5.41) is 37.4. The van der Waals surface area contributed by atoms with Gasteiger partial charge in [0, 0.05) is 36.8 Å². The van der Waals surface area contributed by atoms with Crippen molar-refractivity contribution in [3.05, 3.63) is 159 Å². The molecule has 0 fully saturated rings. The second-order valence-electron chi connectivity index (χ2n) is 13.6. The zero-order valence-corrected chi connectivity index (χ0v) is 33.2. The van der Waals surface area contributed by atoms with Crippen LogP contribution in [0.1, 0.15) is 50.1 Å². The molecule has 2 N–H and O–H groups in total. The van der Waals surface area contributed by atoms with Crippen molar-refractivity contribution < 1.29 is 63.5 Å². The molecular weight excluding hydrogens is 825 g/mol. The molecule has 0 unspecified atom stereocenters. The fourth-order valence-corrected chi connectivity index (χ4v) is 9.13. The van der Waals surface area contributed by atoms with Crippen LogP contribution in [0.2, 0.25) is 0 Å². The van der Waals surface area contributed by atoms with E-state index in [0.29, 0.717) is 16.7 Å². The van der Waals surface area contributed by atoms with Gasteiger partial charge in [0.1, 0.15) is 42.4 Å². The molecule has 0 radical (unpaired) electrons. The van der Waals surface area contributed by atoms with Crippen molar-refractivity contribution in [2.24, 2.45) is 0 Å². The number of benzene rings is 6. The van der Waals surface area contributed by atoms with Crippen molar-refractivity contribution in [3.8, 4) is 34.1 Å². The molecule has 304 valence electrons. The van der Waals surface area contributed by atoms with Crippen LogP contribution in [0.15, 0.2) is 124 Å². The highest BCUT2D eigenvalue weighted by Crippen LogP contribution is 2.42. The Balaban J connectivity index is 0.00000189. The van der Waals surface area contributed by atoms with Gasteiger partial charge >= 0.3 is 16.3 Å². The van der Waals surface area contributed by atoms with Crippen molar-refractivity contribution in [2.75, 3.05) is 0 Å². The minimum absolute atomic E-state index is 0.0734. The van der Waals surface area contributed by atoms with Gasteiger partial charge < -0.3 is 28.6 Å². The Labute approximate surface area is 339 Å². The number of fused-ring (bicyclic) bond motifs is 8. The van der Waals surface area contributed by atoms with Gasteiger partial charge in [-0.3, -0.25) is 0 Å². The lowest BCUT2D eigenvalue weighted by Gasteiger charge is -2.24. The fourth-order valence-electron chi connectivity index (χ4n) is 6.96. The molecule has 0 heterocycles. The van der Waals surface area contributed by atoms with Crippen LogP contribution in [0.3, 0.4) is 0 Å². The molecule has 6 aromatic carbocycles. The van der Waals surface area contributed by atoms with Crippen LogP contribution in [-0.2, 0) is 65.6 Å². The summed E-state index contributed by atoms with van der Waals surface area (Å²) in [6.45, 7) is 1.67. The second kappa shape index (κ2) is 16.5. The number of phenols is 2. The van der Waals surface area contributed by atoms with Gasteiger partial charge in [-0.2, -0.15) is 18.0 Å². The molecule has 1 aliphatic carbocycles. The van der Waals surface area contributed by atoms with Gasteiger partial charge in [-0.1, -0.05) is 77.4 Å². The highest BCUT2D eigenvalue weighted by Gasteiger charge is 2.26. The summed E-state index contributed by atoms with van der Waals surface area (Å²) in [7, 11) is -14.9. The summed E-state index contributed by atoms with van der Waals surface area (Å²) < 4.78 is 109. The second-order valence-corrected chi connectivity index (χ2v) is 17.9. The molecular formula is C42H31O14S3-3. The molecule has 1 aliphatic rings. The Morgan fingerprint density at radius 1 is 0.525 bits per heavy atom. The monoisotopic (exact) mass is 855 g/mol. The maximum atomic E-state index is 13.9. The van der Waals surface area contributed by atoms with Crippen molar-refractivity contribution in [1.29, 1.82) is 0 Å². The number of phenolic OH excluding ortho intramolecular Hbond substituents is 2. The third-order valence-electron chi connectivity index (χ3n) is 9.55. The fraction of sp³-hybridized carbons (Fsp3) is 0.119. The SMILES string of the molecule is Cc1cc2c([O-])c(c1)Cc1cc(S(=O)(=O)[O-])cc(c1O)Cc1cc(-c3ccccc3)cc(c1OS(=O)(=O)c1ccccc1)Cc1cc(S(=O)(=O)[O-])cc(c1O)C2.O=C=O. The Hall–Kier alpha value is -6.33. The molecule has 6 aromatic rings. The first-order valence-corrected chi connectivity index (χ1v) is 21.6. The molecule has 17 heteroatoms. The third kappa shape index (κ3) is 9.37. The van der Waals surface area contributed by atoms with Gasteiger partial charge in [0.05, 0.1) is 9.79 Å². The van der Waals surface area contributed by atoms with Crippen LogP contribution in [0, 0.1) is 6.92 Å². The quantitative estimate of drug-likeness (QED) is 0.168. The Morgan fingerprint density at radius 2 is 0.898 bits per heavy atom. The van der Waals surface area contributed by atoms with Gasteiger partial charge in [0.2, 0.25) is 0 Å². The van der Waals surface area contributed by atoms with E-state index in [-0.39, 0.29) is 74.1 Å². The van der Waals surface area contributed by atoms with E-state index < -0.39 is 70.2 Å². The largest absolute Gasteiger partial charge is 0.872 e. The number of hydrogen-bond donors (Lipinski definition) is 2. The number of carbonyl (C=O) groups excluding carboxylic acids is 2. The number of aromatic hydroxyl groups is 2. The van der Waals surface area contributed by atoms with E-state index in [1.165, 1.54) is 36.4 Å². The molecule has 8 bridgehead atoms. The zero-order valence-electron chi connectivity index (χ0n) is 30.7. The molecule has 0 amide bonds. The van der Waals surface area contributed by atoms with Crippen molar-refractivity contribution in [3.63, 3.8) is 0 Å². The first-order valence-electron chi connectivity index (χ1n) is 17.4. The van der Waals surface area contributed by atoms with Gasteiger partial charge in [0.25, 0.3) is 0 Å². The molecule has 59 heavy (non-hydrogen) atoms. The molecule has 0 atom stereocenters. The van der Waals surface area contributed by atoms with Crippen molar-refractivity contribution >= 4 is 36.5 Å². The Bertz CT molecular complexity index is 2840. The standard InChI is InChI=1S/C41H34O12S3.CO2/c1-24-12-27-16-29-20-36(54(45,46)47)22-31(39(29)43)18-33-14-26(25-8-4-2-5-9-25)15-34(41(33)53-56(51,52)35-10-6-3-7-11-35)19-32-23-37(55(48,49)50)21-30(40(32)44)17-28(13-24)38(27)42;2-1-3/h2-15,20-23,42-44H,16-19H2,1H3,(H,45,46,47)(H,48,49,50);/p-3. The number of rotatable bonds is 6. The lowest BCUT2D eigenvalue weighted by atomic mass is 9.89. The van der Waals surface area contributed by atoms with Crippen LogP contribution in [0.4, 0.5) is 0 Å². The molecule has 0 aliphatic heterocycles. The summed E-state index contributed by atoms with van der Waals surface area (Å²) >= 11 is 0. The van der Waals surface area contributed by atoms with E-state index in [1.54, 1.807) is 55.5 Å². The van der Waals surface area contributed by atoms with Crippen molar-refractivity contribution in [2.45, 2.75) is 47.3 Å². The minimum atomic E-state index is -5.14. The summed E-state index contributed by atoms with van der Waals surface area (Å²) in [5.41, 5.74) is 1.53. The van der Waals surface area contributed by atoms with Crippen LogP contribution in [-0.4, -0.2) is 50.7 Å². The van der Waals surface area contributed by atoms with E-state index in [4.69, 9.17) is 13.8 Å². The van der Waals surface area contributed by atoms with Gasteiger partial charge in [-0.25, -0.2) is 16.8 Å². The van der Waals surface area contributed by atoms with E-state index >= 15 is 0 Å².